The number of rotatable bonds is 9. The van der Waals surface area contributed by atoms with Crippen LogP contribution in [-0.2, 0) is 23.7 Å². The second-order valence-electron chi connectivity index (χ2n) is 11.3. The number of nitrogens with one attached hydrogen (secondary N) is 1. The van der Waals surface area contributed by atoms with Gasteiger partial charge in [0.25, 0.3) is 0 Å². The first kappa shape index (κ1) is 34.9. The zero-order valence-electron chi connectivity index (χ0n) is 23.2. The number of aliphatic hydroxyl groups excluding tert-OH is 12. The van der Waals surface area contributed by atoms with Gasteiger partial charge in [0.05, 0.1) is 50.2 Å². The van der Waals surface area contributed by atoms with E-state index >= 15 is 0 Å². The van der Waals surface area contributed by atoms with Crippen molar-refractivity contribution < 1.29 is 85.0 Å². The number of aliphatic hydroxyl groups is 12. The summed E-state index contributed by atoms with van der Waals surface area (Å²) in [6.45, 7) is -0.485. The maximum absolute atomic E-state index is 10.9. The molecule has 18 atom stereocenters. The molecular weight excluding hydrogens is 586 g/mol. The van der Waals surface area contributed by atoms with Gasteiger partial charge in [-0.1, -0.05) is 6.08 Å². The Hall–Kier alpha value is -0.980. The highest BCUT2D eigenvalue weighted by atomic mass is 16.7. The van der Waals surface area contributed by atoms with Crippen molar-refractivity contribution in [1.29, 1.82) is 0 Å². The molecule has 0 bridgehead atoms. The van der Waals surface area contributed by atoms with Gasteiger partial charge in [-0.15, -0.1) is 0 Å². The molecule has 18 nitrogen and oxygen atoms in total. The number of hydrogen-bond donors (Lipinski definition) is 13. The summed E-state index contributed by atoms with van der Waals surface area (Å²) in [6, 6.07) is -1.77. The minimum atomic E-state index is -1.91. The van der Waals surface area contributed by atoms with Crippen LogP contribution in [0.1, 0.15) is 13.3 Å². The smallest absolute Gasteiger partial charge is 0.187 e. The molecule has 1 aliphatic carbocycles. The molecule has 18 heteroatoms. The Labute approximate surface area is 245 Å². The molecule has 0 aromatic rings. The van der Waals surface area contributed by atoms with Crippen molar-refractivity contribution in [2.24, 2.45) is 0 Å². The van der Waals surface area contributed by atoms with E-state index in [0.717, 1.165) is 0 Å². The van der Waals surface area contributed by atoms with Crippen LogP contribution in [0.15, 0.2) is 11.6 Å². The van der Waals surface area contributed by atoms with E-state index in [1.54, 1.807) is 0 Å². The molecule has 3 saturated heterocycles. The zero-order chi connectivity index (χ0) is 31.7. The minimum absolute atomic E-state index is 0.0680. The van der Waals surface area contributed by atoms with Crippen LogP contribution >= 0.6 is 0 Å². The van der Waals surface area contributed by atoms with Gasteiger partial charge in [-0.3, -0.25) is 0 Å². The Morgan fingerprint density at radius 1 is 0.721 bits per heavy atom. The van der Waals surface area contributed by atoms with Crippen LogP contribution in [-0.4, -0.2) is 191 Å². The molecule has 0 aromatic heterocycles. The molecule has 4 aliphatic rings. The van der Waals surface area contributed by atoms with Crippen molar-refractivity contribution >= 4 is 0 Å². The first-order valence-corrected chi connectivity index (χ1v) is 14.0. The molecule has 0 saturated carbocycles. The third-order valence-electron chi connectivity index (χ3n) is 8.36. The maximum Gasteiger partial charge on any atom is 0.187 e. The predicted molar refractivity (Wildman–Crippen MR) is 136 cm³/mol. The molecule has 0 spiro atoms. The lowest BCUT2D eigenvalue weighted by atomic mass is 9.88. The van der Waals surface area contributed by atoms with Gasteiger partial charge >= 0.3 is 0 Å². The second-order valence-corrected chi connectivity index (χ2v) is 11.3. The molecule has 3 aliphatic heterocycles. The summed E-state index contributed by atoms with van der Waals surface area (Å²) < 4.78 is 27.5. The van der Waals surface area contributed by atoms with Gasteiger partial charge in [-0.25, -0.2) is 0 Å². The van der Waals surface area contributed by atoms with E-state index < -0.39 is 130 Å². The Morgan fingerprint density at radius 3 is 1.84 bits per heavy atom. The third kappa shape index (κ3) is 7.22. The van der Waals surface area contributed by atoms with Crippen LogP contribution in [0, 0.1) is 0 Å². The fourth-order valence-electron chi connectivity index (χ4n) is 5.77. The average Bonchev–Trinajstić information content (AvgIpc) is 2.98. The standard InChI is InChI=1S/C25H43NO17/c1-7-14(26-9-2-8(4-27)10(30)3-11(9)31)15(32)19(36)24(39-7)42-22-13(6-29)41-25(20(37)17(22)34)43-21-12(5-28)40-23(38)18(35)16(21)33/h2,7,9-38H,3-6H2,1H3. The van der Waals surface area contributed by atoms with E-state index in [2.05, 4.69) is 5.32 Å². The molecule has 13 N–H and O–H groups in total. The van der Waals surface area contributed by atoms with Gasteiger partial charge in [0.15, 0.2) is 18.9 Å². The Kier molecular flexibility index (Phi) is 11.9. The first-order chi connectivity index (χ1) is 20.3. The summed E-state index contributed by atoms with van der Waals surface area (Å²) in [4.78, 5) is 0. The van der Waals surface area contributed by atoms with Gasteiger partial charge in [0, 0.05) is 6.42 Å². The van der Waals surface area contributed by atoms with Crippen molar-refractivity contribution in [1.82, 2.24) is 5.32 Å². The van der Waals surface area contributed by atoms with Gasteiger partial charge in [0.1, 0.15) is 61.0 Å². The van der Waals surface area contributed by atoms with Crippen molar-refractivity contribution in [3.05, 3.63) is 11.6 Å². The molecule has 0 aromatic carbocycles. The minimum Gasteiger partial charge on any atom is -0.394 e. The van der Waals surface area contributed by atoms with E-state index in [-0.39, 0.29) is 12.0 Å². The lowest BCUT2D eigenvalue weighted by molar-refractivity contribution is -0.373. The van der Waals surface area contributed by atoms with Crippen LogP contribution < -0.4 is 5.32 Å². The monoisotopic (exact) mass is 629 g/mol. The van der Waals surface area contributed by atoms with Crippen LogP contribution in [0.3, 0.4) is 0 Å². The number of hydrogen-bond acceptors (Lipinski definition) is 18. The summed E-state index contributed by atoms with van der Waals surface area (Å²) in [7, 11) is 0. The largest absolute Gasteiger partial charge is 0.394 e. The van der Waals surface area contributed by atoms with E-state index in [9.17, 15) is 61.3 Å². The van der Waals surface area contributed by atoms with E-state index in [0.29, 0.717) is 0 Å². The van der Waals surface area contributed by atoms with E-state index in [1.165, 1.54) is 13.0 Å². The summed E-state index contributed by atoms with van der Waals surface area (Å²) in [5.41, 5.74) is 0.275. The highest BCUT2D eigenvalue weighted by molar-refractivity contribution is 5.19. The van der Waals surface area contributed by atoms with Crippen LogP contribution in [0.4, 0.5) is 0 Å². The Bertz CT molecular complexity index is 926. The van der Waals surface area contributed by atoms with Crippen molar-refractivity contribution in [3.63, 3.8) is 0 Å². The van der Waals surface area contributed by atoms with Crippen LogP contribution in [0.25, 0.3) is 0 Å². The summed E-state index contributed by atoms with van der Waals surface area (Å²) in [5, 5.41) is 126. The van der Waals surface area contributed by atoms with Crippen LogP contribution in [0.5, 0.6) is 0 Å². The number of ether oxygens (including phenoxy) is 5. The van der Waals surface area contributed by atoms with Gasteiger partial charge in [-0.05, 0) is 12.5 Å². The molecule has 3 heterocycles. The predicted octanol–water partition coefficient (Wildman–Crippen LogP) is -7.54. The molecule has 18 unspecified atom stereocenters. The topological polar surface area (TPSA) is 301 Å². The highest BCUT2D eigenvalue weighted by Gasteiger charge is 2.53. The lowest BCUT2D eigenvalue weighted by Gasteiger charge is -2.48. The molecule has 3 fully saturated rings. The Morgan fingerprint density at radius 2 is 1.26 bits per heavy atom. The maximum atomic E-state index is 10.9. The van der Waals surface area contributed by atoms with Crippen molar-refractivity contribution in [2.45, 2.75) is 124 Å². The summed E-state index contributed by atoms with van der Waals surface area (Å²) in [5.74, 6) is 0. The van der Waals surface area contributed by atoms with Gasteiger partial charge in [-0.2, -0.15) is 0 Å². The van der Waals surface area contributed by atoms with Crippen molar-refractivity contribution in [3.8, 4) is 0 Å². The normalized spacial score (nSPS) is 51.2. The highest BCUT2D eigenvalue weighted by Crippen LogP contribution is 2.32. The van der Waals surface area contributed by atoms with Gasteiger partial charge < -0.3 is 90.3 Å². The first-order valence-electron chi connectivity index (χ1n) is 14.0. The fourth-order valence-corrected chi connectivity index (χ4v) is 5.77. The molecular formula is C25H43NO17. The molecule has 0 amide bonds. The Balaban J connectivity index is 1.41. The van der Waals surface area contributed by atoms with Crippen LogP contribution in [0.2, 0.25) is 0 Å². The quantitative estimate of drug-likeness (QED) is 0.105. The third-order valence-corrected chi connectivity index (χ3v) is 8.36. The average molecular weight is 630 g/mol. The SMILES string of the molecule is CC1OC(OC2C(CO)OC(OC3C(CO)OC(O)C(O)C3O)C(O)C2O)C(O)C(O)C1NC1C=C(CO)C(O)CC1O. The van der Waals surface area contributed by atoms with Crippen molar-refractivity contribution in [2.75, 3.05) is 19.8 Å². The van der Waals surface area contributed by atoms with Gasteiger partial charge in [0.2, 0.25) is 0 Å². The zero-order valence-corrected chi connectivity index (χ0v) is 23.2. The fraction of sp³-hybridized carbons (Fsp3) is 0.920. The molecule has 250 valence electrons. The second kappa shape index (κ2) is 14.6. The lowest BCUT2D eigenvalue weighted by Crippen LogP contribution is -2.68. The van der Waals surface area contributed by atoms with E-state index in [1.807, 2.05) is 0 Å². The summed E-state index contributed by atoms with van der Waals surface area (Å²) in [6.07, 6.45) is -23.4. The summed E-state index contributed by atoms with van der Waals surface area (Å²) >= 11 is 0. The molecule has 4 rings (SSSR count). The molecule has 43 heavy (non-hydrogen) atoms. The van der Waals surface area contributed by atoms with E-state index in [4.69, 9.17) is 23.7 Å². The molecule has 0 radical (unpaired) electrons.